The minimum absolute atomic E-state index is 0.0520. The zero-order valence-electron chi connectivity index (χ0n) is 22.6. The molecular formula is C30H31FN4O4S. The van der Waals surface area contributed by atoms with E-state index in [1.807, 2.05) is 43.3 Å². The Hall–Kier alpha value is -4.18. The van der Waals surface area contributed by atoms with Crippen LogP contribution >= 0.6 is 0 Å². The summed E-state index contributed by atoms with van der Waals surface area (Å²) in [6.07, 6.45) is -0.120. The molecule has 0 bridgehead atoms. The molecule has 0 atom stereocenters. The quantitative estimate of drug-likeness (QED) is 0.360. The van der Waals surface area contributed by atoms with Crippen LogP contribution < -0.4 is 5.32 Å². The highest BCUT2D eigenvalue weighted by atomic mass is 32.2. The number of halogens is 1. The van der Waals surface area contributed by atoms with Crippen molar-refractivity contribution in [3.8, 4) is 11.1 Å². The third-order valence-corrected chi connectivity index (χ3v) is 8.81. The van der Waals surface area contributed by atoms with Crippen LogP contribution in [0.4, 0.5) is 15.9 Å². The second kappa shape index (κ2) is 10.8. The van der Waals surface area contributed by atoms with Crippen LogP contribution in [0.5, 0.6) is 0 Å². The van der Waals surface area contributed by atoms with Crippen molar-refractivity contribution >= 4 is 44.1 Å². The number of carbonyl (C=O) groups is 2. The van der Waals surface area contributed by atoms with Crippen LogP contribution in [-0.4, -0.2) is 73.7 Å². The van der Waals surface area contributed by atoms with Crippen molar-refractivity contribution < 1.29 is 22.4 Å². The van der Waals surface area contributed by atoms with E-state index < -0.39 is 15.7 Å². The normalized spacial score (nSPS) is 14.8. The Labute approximate surface area is 232 Å². The van der Waals surface area contributed by atoms with Gasteiger partial charge in [-0.15, -0.1) is 0 Å². The van der Waals surface area contributed by atoms with Gasteiger partial charge in [0.1, 0.15) is 11.6 Å². The van der Waals surface area contributed by atoms with Crippen LogP contribution in [0.2, 0.25) is 0 Å². The Morgan fingerprint density at radius 1 is 1.02 bits per heavy atom. The lowest BCUT2D eigenvalue weighted by molar-refractivity contribution is -0.130. The number of fused-ring (bicyclic) bond motifs is 1. The molecule has 5 rings (SSSR count). The maximum atomic E-state index is 15.1. The summed E-state index contributed by atoms with van der Waals surface area (Å²) in [5.41, 5.74) is 4.91. The summed E-state index contributed by atoms with van der Waals surface area (Å²) in [7, 11) is 0.346. The van der Waals surface area contributed by atoms with Crippen LogP contribution in [-0.2, 0) is 21.1 Å². The van der Waals surface area contributed by atoms with E-state index in [2.05, 4.69) is 10.3 Å². The number of anilines is 2. The summed E-state index contributed by atoms with van der Waals surface area (Å²) in [5, 5.41) is 4.29. The number of rotatable bonds is 6. The number of amides is 2. The zero-order chi connectivity index (χ0) is 28.6. The molecule has 0 saturated carbocycles. The molecule has 2 amide bonds. The third kappa shape index (κ3) is 5.72. The summed E-state index contributed by atoms with van der Waals surface area (Å²) < 4.78 is 38.4. The summed E-state index contributed by atoms with van der Waals surface area (Å²) in [4.78, 5) is 31.4. The van der Waals surface area contributed by atoms with Gasteiger partial charge in [0, 0.05) is 49.4 Å². The molecule has 1 aliphatic rings. The topological polar surface area (TPSA) is 103 Å². The number of aromatic nitrogens is 1. The molecule has 3 aromatic carbocycles. The van der Waals surface area contributed by atoms with Gasteiger partial charge in [0.05, 0.1) is 23.4 Å². The molecule has 1 saturated heterocycles. The lowest BCUT2D eigenvalue weighted by Gasteiger charge is -2.26. The van der Waals surface area contributed by atoms with Crippen molar-refractivity contribution in [3.05, 3.63) is 83.2 Å². The van der Waals surface area contributed by atoms with E-state index in [9.17, 15) is 18.0 Å². The number of aryl methyl sites for hydroxylation is 1. The minimum Gasteiger partial charge on any atom is -0.345 e. The summed E-state index contributed by atoms with van der Waals surface area (Å²) >= 11 is 0. The van der Waals surface area contributed by atoms with E-state index in [0.29, 0.717) is 11.1 Å². The fourth-order valence-corrected chi connectivity index (χ4v) is 6.14. The van der Waals surface area contributed by atoms with E-state index in [0.717, 1.165) is 33.5 Å². The summed E-state index contributed by atoms with van der Waals surface area (Å²) in [6.45, 7) is 2.18. The predicted octanol–water partition coefficient (Wildman–Crippen LogP) is 4.53. The molecule has 4 aromatic rings. The first kappa shape index (κ1) is 27.4. The van der Waals surface area contributed by atoms with Crippen LogP contribution in [0.25, 0.3) is 22.0 Å². The number of aromatic amines is 1. The van der Waals surface area contributed by atoms with Crippen LogP contribution in [0.1, 0.15) is 21.5 Å². The molecule has 8 nitrogen and oxygen atoms in total. The van der Waals surface area contributed by atoms with Crippen molar-refractivity contribution in [1.29, 1.82) is 0 Å². The standard InChI is InChI=1S/C30H31FN4O4S/c1-19-15-23(9-10-24(19)30(37)34(2)3)32-27-17-22-5-4-6-25(29(22)33-27)20-7-8-21(26(31)16-20)18-28(36)35-11-13-40(38,39)14-12-35/h4-10,15-17,32-33H,11-14,18H2,1-3H3. The van der Waals surface area contributed by atoms with E-state index in [1.54, 1.807) is 37.2 Å². The van der Waals surface area contributed by atoms with Gasteiger partial charge in [0.15, 0.2) is 9.84 Å². The van der Waals surface area contributed by atoms with Gasteiger partial charge in [-0.25, -0.2) is 12.8 Å². The summed E-state index contributed by atoms with van der Waals surface area (Å²) in [6, 6.07) is 18.1. The van der Waals surface area contributed by atoms with Crippen molar-refractivity contribution in [2.75, 3.05) is 44.0 Å². The lowest BCUT2D eigenvalue weighted by Crippen LogP contribution is -2.44. The fourth-order valence-electron chi connectivity index (χ4n) is 4.94. The van der Waals surface area contributed by atoms with Gasteiger partial charge in [-0.1, -0.05) is 30.3 Å². The number of hydrogen-bond donors (Lipinski definition) is 2. The number of hydrogen-bond acceptors (Lipinski definition) is 5. The molecule has 208 valence electrons. The maximum absolute atomic E-state index is 15.1. The first-order chi connectivity index (χ1) is 19.0. The Morgan fingerprint density at radius 3 is 2.45 bits per heavy atom. The van der Waals surface area contributed by atoms with Crippen molar-refractivity contribution in [1.82, 2.24) is 14.8 Å². The summed E-state index contributed by atoms with van der Waals surface area (Å²) in [5.74, 6) is -0.182. The van der Waals surface area contributed by atoms with Crippen molar-refractivity contribution in [2.24, 2.45) is 0 Å². The Bertz CT molecular complexity index is 1720. The highest BCUT2D eigenvalue weighted by Gasteiger charge is 2.25. The third-order valence-electron chi connectivity index (χ3n) is 7.20. The molecule has 2 N–H and O–H groups in total. The van der Waals surface area contributed by atoms with Gasteiger partial charge in [-0.05, 0) is 53.9 Å². The molecule has 2 heterocycles. The average Bonchev–Trinajstić information content (AvgIpc) is 3.32. The van der Waals surface area contributed by atoms with Crippen LogP contribution in [0, 0.1) is 12.7 Å². The van der Waals surface area contributed by atoms with Gasteiger partial charge in [0.2, 0.25) is 5.91 Å². The molecule has 40 heavy (non-hydrogen) atoms. The molecule has 1 aromatic heterocycles. The average molecular weight is 563 g/mol. The van der Waals surface area contributed by atoms with Gasteiger partial charge in [-0.2, -0.15) is 0 Å². The van der Waals surface area contributed by atoms with Gasteiger partial charge < -0.3 is 20.1 Å². The van der Waals surface area contributed by atoms with Gasteiger partial charge >= 0.3 is 0 Å². The number of nitrogens with one attached hydrogen (secondary N) is 2. The van der Waals surface area contributed by atoms with E-state index in [-0.39, 0.29) is 48.4 Å². The highest BCUT2D eigenvalue weighted by molar-refractivity contribution is 7.91. The number of nitrogens with zero attached hydrogens (tertiary/aromatic N) is 2. The fraction of sp³-hybridized carbons (Fsp3) is 0.267. The predicted molar refractivity (Wildman–Crippen MR) is 155 cm³/mol. The second-order valence-corrected chi connectivity index (χ2v) is 12.6. The lowest BCUT2D eigenvalue weighted by atomic mass is 10.00. The molecule has 10 heteroatoms. The first-order valence-electron chi connectivity index (χ1n) is 13.0. The molecule has 0 radical (unpaired) electrons. The molecule has 1 fully saturated rings. The molecule has 0 unspecified atom stereocenters. The van der Waals surface area contributed by atoms with E-state index >= 15 is 4.39 Å². The number of sulfone groups is 1. The Morgan fingerprint density at radius 2 is 1.77 bits per heavy atom. The van der Waals surface area contributed by atoms with Gasteiger partial charge in [0.25, 0.3) is 5.91 Å². The van der Waals surface area contributed by atoms with E-state index in [4.69, 9.17) is 0 Å². The highest BCUT2D eigenvalue weighted by Crippen LogP contribution is 2.32. The van der Waals surface area contributed by atoms with E-state index in [1.165, 1.54) is 11.0 Å². The zero-order valence-corrected chi connectivity index (χ0v) is 23.4. The smallest absolute Gasteiger partial charge is 0.253 e. The van der Waals surface area contributed by atoms with Gasteiger partial charge in [-0.3, -0.25) is 9.59 Å². The largest absolute Gasteiger partial charge is 0.345 e. The Kier molecular flexibility index (Phi) is 7.37. The monoisotopic (exact) mass is 562 g/mol. The minimum atomic E-state index is -3.10. The first-order valence-corrected chi connectivity index (χ1v) is 14.8. The SMILES string of the molecule is Cc1cc(Nc2cc3cccc(-c4ccc(CC(=O)N5CCS(=O)(=O)CC5)c(F)c4)c3[nH]2)ccc1C(=O)N(C)C. The maximum Gasteiger partial charge on any atom is 0.253 e. The number of H-pyrrole nitrogens is 1. The Balaban J connectivity index is 1.35. The molecular weight excluding hydrogens is 531 g/mol. The van der Waals surface area contributed by atoms with Crippen molar-refractivity contribution in [2.45, 2.75) is 13.3 Å². The van der Waals surface area contributed by atoms with Crippen LogP contribution in [0.3, 0.4) is 0 Å². The molecule has 0 spiro atoms. The van der Waals surface area contributed by atoms with Crippen LogP contribution in [0.15, 0.2) is 60.7 Å². The van der Waals surface area contributed by atoms with Crippen molar-refractivity contribution in [3.63, 3.8) is 0 Å². The number of carbonyl (C=O) groups excluding carboxylic acids is 2. The number of benzene rings is 3. The molecule has 1 aliphatic heterocycles. The number of para-hydroxylation sites is 1. The second-order valence-electron chi connectivity index (χ2n) is 10.3. The molecule has 0 aliphatic carbocycles.